The molecule has 0 amide bonds. The van der Waals surface area contributed by atoms with E-state index in [1.165, 1.54) is 12.1 Å². The molecule has 116 valence electrons. The SMILES string of the molecule is CCN[C@H](C)CNS(=O)(=O)c1c(C)cc(F)cc1C.Cl. The number of rotatable bonds is 6. The van der Waals surface area contributed by atoms with Gasteiger partial charge in [0.2, 0.25) is 10.0 Å². The molecule has 0 saturated heterocycles. The number of sulfonamides is 1. The molecule has 1 aromatic rings. The maximum atomic E-state index is 13.2. The minimum Gasteiger partial charge on any atom is -0.313 e. The van der Waals surface area contributed by atoms with Crippen LogP contribution in [0.5, 0.6) is 0 Å². The van der Waals surface area contributed by atoms with Crippen LogP contribution in [-0.4, -0.2) is 27.5 Å². The van der Waals surface area contributed by atoms with Crippen molar-refractivity contribution in [2.75, 3.05) is 13.1 Å². The Morgan fingerprint density at radius 3 is 2.20 bits per heavy atom. The van der Waals surface area contributed by atoms with Gasteiger partial charge >= 0.3 is 0 Å². The molecule has 0 aliphatic heterocycles. The van der Waals surface area contributed by atoms with E-state index in [4.69, 9.17) is 0 Å². The largest absolute Gasteiger partial charge is 0.313 e. The van der Waals surface area contributed by atoms with Crippen LogP contribution in [0.25, 0.3) is 0 Å². The van der Waals surface area contributed by atoms with Gasteiger partial charge in [0.05, 0.1) is 4.90 Å². The molecular formula is C13H22ClFN2O2S. The minimum absolute atomic E-state index is 0. The van der Waals surface area contributed by atoms with Gasteiger partial charge < -0.3 is 5.32 Å². The highest BCUT2D eigenvalue weighted by molar-refractivity contribution is 7.89. The van der Waals surface area contributed by atoms with Crippen molar-refractivity contribution >= 4 is 22.4 Å². The van der Waals surface area contributed by atoms with Crippen molar-refractivity contribution in [1.29, 1.82) is 0 Å². The van der Waals surface area contributed by atoms with Crippen LogP contribution in [0, 0.1) is 19.7 Å². The summed E-state index contributed by atoms with van der Waals surface area (Å²) in [6.45, 7) is 8.12. The average Bonchev–Trinajstić information content (AvgIpc) is 2.25. The van der Waals surface area contributed by atoms with Crippen LogP contribution in [0.1, 0.15) is 25.0 Å². The van der Waals surface area contributed by atoms with Gasteiger partial charge in [-0.1, -0.05) is 6.92 Å². The molecule has 0 fully saturated rings. The van der Waals surface area contributed by atoms with Gasteiger partial charge in [0.1, 0.15) is 5.82 Å². The first-order chi connectivity index (χ1) is 8.77. The molecule has 4 nitrogen and oxygen atoms in total. The van der Waals surface area contributed by atoms with Crippen molar-refractivity contribution in [1.82, 2.24) is 10.0 Å². The van der Waals surface area contributed by atoms with Crippen molar-refractivity contribution in [2.24, 2.45) is 0 Å². The summed E-state index contributed by atoms with van der Waals surface area (Å²) in [6.07, 6.45) is 0. The first kappa shape index (κ1) is 19.3. The predicted octanol–water partition coefficient (Wildman–Crippen LogP) is 2.14. The van der Waals surface area contributed by atoms with Crippen LogP contribution in [0.2, 0.25) is 0 Å². The standard InChI is InChI=1S/C13H21FN2O2S.ClH/c1-5-15-11(4)8-16-19(17,18)13-9(2)6-12(14)7-10(13)3;/h6-7,11,15-16H,5,8H2,1-4H3;1H/t11-;/m1./s1. The summed E-state index contributed by atoms with van der Waals surface area (Å²) >= 11 is 0. The van der Waals surface area contributed by atoms with Gasteiger partial charge in [-0.25, -0.2) is 17.5 Å². The Morgan fingerprint density at radius 1 is 1.25 bits per heavy atom. The fourth-order valence-corrected chi connectivity index (χ4v) is 3.63. The molecule has 1 rings (SSSR count). The van der Waals surface area contributed by atoms with E-state index < -0.39 is 15.8 Å². The van der Waals surface area contributed by atoms with E-state index in [1.54, 1.807) is 13.8 Å². The van der Waals surface area contributed by atoms with Crippen molar-refractivity contribution in [3.8, 4) is 0 Å². The second kappa shape index (κ2) is 7.93. The highest BCUT2D eigenvalue weighted by atomic mass is 35.5. The van der Waals surface area contributed by atoms with Crippen molar-refractivity contribution in [2.45, 2.75) is 38.6 Å². The molecule has 0 heterocycles. The van der Waals surface area contributed by atoms with E-state index >= 15 is 0 Å². The number of halogens is 2. The maximum Gasteiger partial charge on any atom is 0.241 e. The van der Waals surface area contributed by atoms with E-state index in [1.807, 2.05) is 13.8 Å². The second-order valence-electron chi connectivity index (χ2n) is 4.68. The van der Waals surface area contributed by atoms with Gasteiger partial charge in [-0.05, 0) is 50.6 Å². The minimum atomic E-state index is -3.61. The van der Waals surface area contributed by atoms with E-state index in [-0.39, 0.29) is 23.3 Å². The molecule has 0 radical (unpaired) electrons. The lowest BCUT2D eigenvalue weighted by Gasteiger charge is -2.16. The van der Waals surface area contributed by atoms with Gasteiger partial charge in [-0.2, -0.15) is 0 Å². The summed E-state index contributed by atoms with van der Waals surface area (Å²) in [6, 6.07) is 2.51. The zero-order valence-electron chi connectivity index (χ0n) is 12.2. The Balaban J connectivity index is 0.00000361. The van der Waals surface area contributed by atoms with Crippen molar-refractivity contribution in [3.05, 3.63) is 29.1 Å². The number of aryl methyl sites for hydroxylation is 2. The Kier molecular flexibility index (Phi) is 7.65. The summed E-state index contributed by atoms with van der Waals surface area (Å²) in [5.41, 5.74) is 0.835. The third kappa shape index (κ3) is 5.01. The van der Waals surface area contributed by atoms with Crippen LogP contribution in [0.15, 0.2) is 17.0 Å². The molecule has 0 aliphatic carbocycles. The normalized spacial score (nSPS) is 12.8. The zero-order chi connectivity index (χ0) is 14.6. The third-order valence-corrected chi connectivity index (χ3v) is 4.55. The smallest absolute Gasteiger partial charge is 0.241 e. The number of hydrogen-bond donors (Lipinski definition) is 2. The van der Waals surface area contributed by atoms with Crippen LogP contribution >= 0.6 is 12.4 Å². The molecule has 2 N–H and O–H groups in total. The highest BCUT2D eigenvalue weighted by Gasteiger charge is 2.20. The predicted molar refractivity (Wildman–Crippen MR) is 81.4 cm³/mol. The van der Waals surface area contributed by atoms with Crippen LogP contribution in [0.4, 0.5) is 4.39 Å². The third-order valence-electron chi connectivity index (χ3n) is 2.83. The second-order valence-corrected chi connectivity index (χ2v) is 6.38. The average molecular weight is 325 g/mol. The summed E-state index contributed by atoms with van der Waals surface area (Å²) in [5.74, 6) is -0.421. The molecule has 0 bridgehead atoms. The van der Waals surface area contributed by atoms with Gasteiger partial charge in [-0.3, -0.25) is 0 Å². The Morgan fingerprint density at radius 2 is 1.75 bits per heavy atom. The van der Waals surface area contributed by atoms with E-state index in [9.17, 15) is 12.8 Å². The summed E-state index contributed by atoms with van der Waals surface area (Å²) < 4.78 is 40.2. The van der Waals surface area contributed by atoms with Crippen molar-refractivity contribution in [3.63, 3.8) is 0 Å². The molecular weight excluding hydrogens is 303 g/mol. The topological polar surface area (TPSA) is 58.2 Å². The molecule has 1 aromatic carbocycles. The molecule has 0 unspecified atom stereocenters. The lowest BCUT2D eigenvalue weighted by molar-refractivity contribution is 0.535. The zero-order valence-corrected chi connectivity index (χ0v) is 13.8. The Labute approximate surface area is 126 Å². The van der Waals surface area contributed by atoms with Gasteiger partial charge in [-0.15, -0.1) is 12.4 Å². The van der Waals surface area contributed by atoms with E-state index in [0.29, 0.717) is 17.7 Å². The number of likely N-dealkylation sites (N-methyl/N-ethyl adjacent to an activating group) is 1. The van der Waals surface area contributed by atoms with Crippen LogP contribution in [0.3, 0.4) is 0 Å². The van der Waals surface area contributed by atoms with Gasteiger partial charge in [0.15, 0.2) is 0 Å². The first-order valence-corrected chi connectivity index (χ1v) is 7.76. The van der Waals surface area contributed by atoms with Crippen LogP contribution in [-0.2, 0) is 10.0 Å². The summed E-state index contributed by atoms with van der Waals surface area (Å²) in [5, 5.41) is 3.12. The van der Waals surface area contributed by atoms with Gasteiger partial charge in [0, 0.05) is 12.6 Å². The van der Waals surface area contributed by atoms with E-state index in [0.717, 1.165) is 6.54 Å². The summed E-state index contributed by atoms with van der Waals surface area (Å²) in [4.78, 5) is 0.164. The molecule has 0 spiro atoms. The molecule has 0 aliphatic rings. The highest BCUT2D eigenvalue weighted by Crippen LogP contribution is 2.21. The van der Waals surface area contributed by atoms with E-state index in [2.05, 4.69) is 10.0 Å². The lowest BCUT2D eigenvalue weighted by Crippen LogP contribution is -2.39. The number of nitrogens with one attached hydrogen (secondary N) is 2. The maximum absolute atomic E-state index is 13.2. The molecule has 7 heteroatoms. The molecule has 20 heavy (non-hydrogen) atoms. The van der Waals surface area contributed by atoms with Crippen molar-refractivity contribution < 1.29 is 12.8 Å². The Bertz CT molecular complexity index is 526. The number of hydrogen-bond acceptors (Lipinski definition) is 3. The fourth-order valence-electron chi connectivity index (χ4n) is 2.05. The monoisotopic (exact) mass is 324 g/mol. The summed E-state index contributed by atoms with van der Waals surface area (Å²) in [7, 11) is -3.61. The quantitative estimate of drug-likeness (QED) is 0.843. The first-order valence-electron chi connectivity index (χ1n) is 6.27. The molecule has 1 atom stereocenters. The lowest BCUT2D eigenvalue weighted by atomic mass is 10.1. The molecule has 0 aromatic heterocycles. The molecule has 0 saturated carbocycles. The van der Waals surface area contributed by atoms with Gasteiger partial charge in [0.25, 0.3) is 0 Å². The van der Waals surface area contributed by atoms with Crippen LogP contribution < -0.4 is 10.0 Å². The fraction of sp³-hybridized carbons (Fsp3) is 0.538. The Hall–Kier alpha value is -0.690. The number of benzene rings is 1.